The molecule has 0 saturated heterocycles. The van der Waals surface area contributed by atoms with Crippen LogP contribution in [0.15, 0.2) is 12.1 Å². The molecule has 0 heterocycles. The monoisotopic (exact) mass is 224 g/mol. The lowest BCUT2D eigenvalue weighted by molar-refractivity contribution is -0.384. The van der Waals surface area contributed by atoms with Gasteiger partial charge in [-0.1, -0.05) is 6.07 Å². The molecule has 0 aliphatic rings. The van der Waals surface area contributed by atoms with E-state index in [9.17, 15) is 14.9 Å². The van der Waals surface area contributed by atoms with E-state index in [0.717, 1.165) is 0 Å². The summed E-state index contributed by atoms with van der Waals surface area (Å²) in [6.07, 6.45) is -0.00153. The highest BCUT2D eigenvalue weighted by molar-refractivity contribution is 5.74. The number of rotatable bonds is 3. The molecule has 6 nitrogen and oxygen atoms in total. The number of benzene rings is 1. The Kier molecular flexibility index (Phi) is 3.44. The van der Waals surface area contributed by atoms with Gasteiger partial charge in [-0.3, -0.25) is 14.9 Å². The van der Waals surface area contributed by atoms with E-state index in [2.05, 4.69) is 4.74 Å². The van der Waals surface area contributed by atoms with E-state index >= 15 is 0 Å². The second-order valence-electron chi connectivity index (χ2n) is 3.36. The van der Waals surface area contributed by atoms with Gasteiger partial charge in [0, 0.05) is 6.07 Å². The van der Waals surface area contributed by atoms with E-state index in [4.69, 9.17) is 5.73 Å². The van der Waals surface area contributed by atoms with Crippen LogP contribution in [0, 0.1) is 17.0 Å². The first kappa shape index (κ1) is 12.0. The zero-order valence-corrected chi connectivity index (χ0v) is 9.02. The van der Waals surface area contributed by atoms with Crippen LogP contribution >= 0.6 is 0 Å². The first-order valence-electron chi connectivity index (χ1n) is 4.56. The van der Waals surface area contributed by atoms with Crippen molar-refractivity contribution in [3.8, 4) is 0 Å². The summed E-state index contributed by atoms with van der Waals surface area (Å²) in [5.41, 5.74) is 6.60. The lowest BCUT2D eigenvalue weighted by Gasteiger charge is -2.05. The third kappa shape index (κ3) is 2.47. The fraction of sp³-hybridized carbons (Fsp3) is 0.300. The minimum absolute atomic E-state index is 0.00153. The number of nitrogens with zero attached hydrogens (tertiary/aromatic N) is 1. The summed E-state index contributed by atoms with van der Waals surface area (Å²) in [5, 5.41) is 10.7. The first-order chi connectivity index (χ1) is 7.45. The summed E-state index contributed by atoms with van der Waals surface area (Å²) in [5.74, 6) is -0.446. The Bertz CT molecular complexity index is 443. The van der Waals surface area contributed by atoms with Crippen molar-refractivity contribution in [2.24, 2.45) is 0 Å². The lowest BCUT2D eigenvalue weighted by atomic mass is 10.1. The first-order valence-corrected chi connectivity index (χ1v) is 4.56. The molecule has 2 N–H and O–H groups in total. The Morgan fingerprint density at radius 1 is 1.56 bits per heavy atom. The summed E-state index contributed by atoms with van der Waals surface area (Å²) < 4.78 is 4.48. The number of nitro groups is 1. The molecule has 0 aliphatic heterocycles. The second kappa shape index (κ2) is 4.61. The van der Waals surface area contributed by atoms with E-state index in [1.54, 1.807) is 13.0 Å². The number of esters is 1. The van der Waals surface area contributed by atoms with Crippen molar-refractivity contribution >= 4 is 17.3 Å². The predicted molar refractivity (Wildman–Crippen MR) is 58.0 cm³/mol. The fourth-order valence-corrected chi connectivity index (χ4v) is 1.34. The third-order valence-electron chi connectivity index (χ3n) is 2.20. The molecule has 0 amide bonds. The molecular formula is C10H12N2O4. The Morgan fingerprint density at radius 3 is 2.69 bits per heavy atom. The van der Waals surface area contributed by atoms with Crippen molar-refractivity contribution in [3.63, 3.8) is 0 Å². The molecule has 1 aromatic rings. The standard InChI is InChI=1S/C10H12N2O4/c1-6-3-7(5-9(13)16-2)4-8(10(6)11)12(14)15/h3-4H,5,11H2,1-2H3. The van der Waals surface area contributed by atoms with Crippen LogP contribution < -0.4 is 5.73 Å². The van der Waals surface area contributed by atoms with Gasteiger partial charge in [0.05, 0.1) is 18.5 Å². The van der Waals surface area contributed by atoms with E-state index in [1.165, 1.54) is 13.2 Å². The van der Waals surface area contributed by atoms with Gasteiger partial charge in [0.15, 0.2) is 0 Å². The highest BCUT2D eigenvalue weighted by atomic mass is 16.6. The van der Waals surface area contributed by atoms with Gasteiger partial charge in [-0.2, -0.15) is 0 Å². The van der Waals surface area contributed by atoms with Gasteiger partial charge in [0.1, 0.15) is 5.69 Å². The summed E-state index contributed by atoms with van der Waals surface area (Å²) in [4.78, 5) is 21.2. The number of aryl methyl sites for hydroxylation is 1. The molecule has 0 aromatic heterocycles. The minimum atomic E-state index is -0.566. The summed E-state index contributed by atoms with van der Waals surface area (Å²) >= 11 is 0. The average Bonchev–Trinajstić information content (AvgIpc) is 2.22. The van der Waals surface area contributed by atoms with Crippen LogP contribution in [0.5, 0.6) is 0 Å². The Morgan fingerprint density at radius 2 is 2.19 bits per heavy atom. The quantitative estimate of drug-likeness (QED) is 0.360. The maximum absolute atomic E-state index is 11.0. The van der Waals surface area contributed by atoms with Crippen LogP contribution in [-0.4, -0.2) is 18.0 Å². The molecule has 1 rings (SSSR count). The average molecular weight is 224 g/mol. The number of carbonyl (C=O) groups is 1. The Hall–Kier alpha value is -2.11. The molecule has 0 unspecified atom stereocenters. The Balaban J connectivity index is 3.14. The van der Waals surface area contributed by atoms with Gasteiger partial charge < -0.3 is 10.5 Å². The van der Waals surface area contributed by atoms with Gasteiger partial charge in [-0.15, -0.1) is 0 Å². The molecule has 0 atom stereocenters. The SMILES string of the molecule is COC(=O)Cc1cc(C)c(N)c([N+](=O)[O-])c1. The zero-order chi connectivity index (χ0) is 12.3. The highest BCUT2D eigenvalue weighted by Crippen LogP contribution is 2.26. The number of anilines is 1. The van der Waals surface area contributed by atoms with Crippen molar-refractivity contribution < 1.29 is 14.5 Å². The minimum Gasteiger partial charge on any atom is -0.469 e. The number of carbonyl (C=O) groups excluding carboxylic acids is 1. The number of nitro benzene ring substituents is 1. The largest absolute Gasteiger partial charge is 0.469 e. The second-order valence-corrected chi connectivity index (χ2v) is 3.36. The molecule has 1 aromatic carbocycles. The zero-order valence-electron chi connectivity index (χ0n) is 9.02. The van der Waals surface area contributed by atoms with E-state index < -0.39 is 10.9 Å². The van der Waals surface area contributed by atoms with Gasteiger partial charge in [-0.25, -0.2) is 0 Å². The molecule has 6 heteroatoms. The lowest BCUT2D eigenvalue weighted by Crippen LogP contribution is -2.06. The van der Waals surface area contributed by atoms with Gasteiger partial charge in [0.25, 0.3) is 5.69 Å². The van der Waals surface area contributed by atoms with Crippen molar-refractivity contribution in [3.05, 3.63) is 33.4 Å². The molecule has 0 fully saturated rings. The third-order valence-corrected chi connectivity index (χ3v) is 2.20. The van der Waals surface area contributed by atoms with Crippen LogP contribution in [0.3, 0.4) is 0 Å². The maximum Gasteiger partial charge on any atom is 0.309 e. The number of methoxy groups -OCH3 is 1. The highest BCUT2D eigenvalue weighted by Gasteiger charge is 2.16. The van der Waals surface area contributed by atoms with Gasteiger partial charge >= 0.3 is 5.97 Å². The van der Waals surface area contributed by atoms with Crippen molar-refractivity contribution in [2.75, 3.05) is 12.8 Å². The van der Waals surface area contributed by atoms with Crippen LogP contribution in [-0.2, 0) is 16.0 Å². The smallest absolute Gasteiger partial charge is 0.309 e. The van der Waals surface area contributed by atoms with Crippen LogP contribution in [0.1, 0.15) is 11.1 Å². The van der Waals surface area contributed by atoms with Gasteiger partial charge in [0.2, 0.25) is 0 Å². The van der Waals surface area contributed by atoms with Crippen LogP contribution in [0.25, 0.3) is 0 Å². The van der Waals surface area contributed by atoms with Crippen LogP contribution in [0.2, 0.25) is 0 Å². The van der Waals surface area contributed by atoms with Crippen molar-refractivity contribution in [1.29, 1.82) is 0 Å². The molecule has 0 spiro atoms. The molecular weight excluding hydrogens is 212 g/mol. The van der Waals surface area contributed by atoms with E-state index in [1.807, 2.05) is 0 Å². The summed E-state index contributed by atoms with van der Waals surface area (Å²) in [6.45, 7) is 1.66. The molecule has 0 radical (unpaired) electrons. The molecule has 0 bridgehead atoms. The maximum atomic E-state index is 11.0. The molecule has 0 aliphatic carbocycles. The van der Waals surface area contributed by atoms with Crippen molar-refractivity contribution in [2.45, 2.75) is 13.3 Å². The predicted octanol–water partition coefficient (Wildman–Crippen LogP) is 1.20. The molecule has 16 heavy (non-hydrogen) atoms. The van der Waals surface area contributed by atoms with E-state index in [-0.39, 0.29) is 17.8 Å². The van der Waals surface area contributed by atoms with E-state index in [0.29, 0.717) is 11.1 Å². The van der Waals surface area contributed by atoms with Gasteiger partial charge in [-0.05, 0) is 18.1 Å². The normalized spacial score (nSPS) is 9.88. The molecule has 0 saturated carbocycles. The summed E-state index contributed by atoms with van der Waals surface area (Å²) in [6, 6.07) is 2.93. The number of nitrogens with two attached hydrogens (primary N) is 1. The summed E-state index contributed by atoms with van der Waals surface area (Å²) in [7, 11) is 1.26. The van der Waals surface area contributed by atoms with Crippen LogP contribution in [0.4, 0.5) is 11.4 Å². The fourth-order valence-electron chi connectivity index (χ4n) is 1.34. The Labute approximate surface area is 92.2 Å². The number of hydrogen-bond acceptors (Lipinski definition) is 5. The van der Waals surface area contributed by atoms with Crippen molar-refractivity contribution in [1.82, 2.24) is 0 Å². The molecule has 86 valence electrons. The number of hydrogen-bond donors (Lipinski definition) is 1. The topological polar surface area (TPSA) is 95.5 Å². The number of ether oxygens (including phenoxy) is 1. The number of nitrogen functional groups attached to an aromatic ring is 1.